The maximum absolute atomic E-state index is 5.49. The summed E-state index contributed by atoms with van der Waals surface area (Å²) in [6, 6.07) is 8.22. The number of hydrogen-bond donors (Lipinski definition) is 1. The van der Waals surface area contributed by atoms with Crippen LogP contribution in [0.25, 0.3) is 0 Å². The molecular formula is C19H33IN4O2. The second kappa shape index (κ2) is 13.0. The third-order valence-corrected chi connectivity index (χ3v) is 4.42. The van der Waals surface area contributed by atoms with Crippen molar-refractivity contribution in [1.29, 1.82) is 0 Å². The molecule has 0 aliphatic carbocycles. The normalized spacial score (nSPS) is 14.8. The van der Waals surface area contributed by atoms with E-state index >= 15 is 0 Å². The van der Waals surface area contributed by atoms with Gasteiger partial charge >= 0.3 is 0 Å². The summed E-state index contributed by atoms with van der Waals surface area (Å²) in [4.78, 5) is 9.14. The van der Waals surface area contributed by atoms with E-state index in [1.807, 2.05) is 26.1 Å². The average molecular weight is 476 g/mol. The molecule has 0 radical (unpaired) electrons. The number of aliphatic imine (C=N–C) groups is 1. The second-order valence-corrected chi connectivity index (χ2v) is 6.02. The number of anilines is 1. The molecule has 7 heteroatoms. The predicted octanol–water partition coefficient (Wildman–Crippen LogP) is 2.83. The number of halogens is 1. The van der Waals surface area contributed by atoms with Gasteiger partial charge in [-0.15, -0.1) is 24.0 Å². The summed E-state index contributed by atoms with van der Waals surface area (Å²) in [6.07, 6.45) is 2.18. The Kier molecular flexibility index (Phi) is 11.4. The Balaban J connectivity index is 0.00000338. The number of benzene rings is 1. The summed E-state index contributed by atoms with van der Waals surface area (Å²) < 4.78 is 10.9. The molecule has 26 heavy (non-hydrogen) atoms. The predicted molar refractivity (Wildman–Crippen MR) is 119 cm³/mol. The van der Waals surface area contributed by atoms with E-state index in [2.05, 4.69) is 32.2 Å². The largest absolute Gasteiger partial charge is 0.495 e. The van der Waals surface area contributed by atoms with E-state index in [1.54, 1.807) is 7.11 Å². The molecular weight excluding hydrogens is 443 g/mol. The molecule has 0 unspecified atom stereocenters. The Labute approximate surface area is 175 Å². The molecule has 0 atom stereocenters. The van der Waals surface area contributed by atoms with Crippen LogP contribution in [0.5, 0.6) is 5.75 Å². The van der Waals surface area contributed by atoms with Crippen LogP contribution in [-0.4, -0.2) is 71.0 Å². The number of rotatable bonds is 8. The van der Waals surface area contributed by atoms with E-state index in [9.17, 15) is 0 Å². The van der Waals surface area contributed by atoms with Crippen molar-refractivity contribution in [2.75, 3.05) is 65.0 Å². The van der Waals surface area contributed by atoms with Crippen LogP contribution in [0.2, 0.25) is 0 Å². The standard InChI is InChI=1S/C19H32N4O2.HI/c1-4-25-16-8-7-11-21-19(20-2)23-14-12-22(13-15-23)17-9-5-6-10-18(17)24-3;/h5-6,9-10H,4,7-8,11-16H2,1-3H3,(H,20,21);1H. The first-order chi connectivity index (χ1) is 12.3. The zero-order valence-electron chi connectivity index (χ0n) is 16.2. The maximum atomic E-state index is 5.49. The van der Waals surface area contributed by atoms with Gasteiger partial charge in [-0.1, -0.05) is 12.1 Å². The van der Waals surface area contributed by atoms with Crippen molar-refractivity contribution in [2.45, 2.75) is 19.8 Å². The van der Waals surface area contributed by atoms with Gasteiger partial charge < -0.3 is 24.6 Å². The number of guanidine groups is 1. The first-order valence-electron chi connectivity index (χ1n) is 9.21. The lowest BCUT2D eigenvalue weighted by Gasteiger charge is -2.38. The SMILES string of the molecule is CCOCCCCNC(=NC)N1CCN(c2ccccc2OC)CC1.I. The van der Waals surface area contributed by atoms with E-state index in [-0.39, 0.29) is 24.0 Å². The van der Waals surface area contributed by atoms with Crippen LogP contribution in [-0.2, 0) is 4.74 Å². The highest BCUT2D eigenvalue weighted by Gasteiger charge is 2.21. The van der Waals surface area contributed by atoms with Crippen molar-refractivity contribution in [3.8, 4) is 5.75 Å². The molecule has 148 valence electrons. The van der Waals surface area contributed by atoms with Gasteiger partial charge in [0.1, 0.15) is 5.75 Å². The first-order valence-corrected chi connectivity index (χ1v) is 9.21. The number of methoxy groups -OCH3 is 1. The highest BCUT2D eigenvalue weighted by atomic mass is 127. The minimum atomic E-state index is 0. The average Bonchev–Trinajstić information content (AvgIpc) is 2.68. The zero-order valence-corrected chi connectivity index (χ0v) is 18.6. The molecule has 0 amide bonds. The Bertz CT molecular complexity index is 534. The van der Waals surface area contributed by atoms with Crippen molar-refractivity contribution in [3.05, 3.63) is 24.3 Å². The molecule has 0 aromatic heterocycles. The lowest BCUT2D eigenvalue weighted by molar-refractivity contribution is 0.143. The Morgan fingerprint density at radius 1 is 1.15 bits per heavy atom. The van der Waals surface area contributed by atoms with Gasteiger partial charge in [-0.2, -0.15) is 0 Å². The number of piperazine rings is 1. The molecule has 0 bridgehead atoms. The van der Waals surface area contributed by atoms with E-state index < -0.39 is 0 Å². The fourth-order valence-electron chi connectivity index (χ4n) is 3.06. The highest BCUT2D eigenvalue weighted by molar-refractivity contribution is 14.0. The number of hydrogen-bond acceptors (Lipinski definition) is 4. The van der Waals surface area contributed by atoms with Gasteiger partial charge in [0.05, 0.1) is 12.8 Å². The number of nitrogens with zero attached hydrogens (tertiary/aromatic N) is 3. The van der Waals surface area contributed by atoms with Crippen molar-refractivity contribution < 1.29 is 9.47 Å². The Morgan fingerprint density at radius 3 is 2.54 bits per heavy atom. The lowest BCUT2D eigenvalue weighted by Crippen LogP contribution is -2.52. The lowest BCUT2D eigenvalue weighted by atomic mass is 10.2. The summed E-state index contributed by atoms with van der Waals surface area (Å²) in [5, 5.41) is 3.47. The third-order valence-electron chi connectivity index (χ3n) is 4.42. The quantitative estimate of drug-likeness (QED) is 0.271. The van der Waals surface area contributed by atoms with Crippen LogP contribution in [0.4, 0.5) is 5.69 Å². The molecule has 1 aliphatic rings. The van der Waals surface area contributed by atoms with Gasteiger partial charge in [0.15, 0.2) is 5.96 Å². The minimum Gasteiger partial charge on any atom is -0.495 e. The number of unbranched alkanes of at least 4 members (excludes halogenated alkanes) is 1. The molecule has 1 aromatic carbocycles. The number of nitrogens with one attached hydrogen (secondary N) is 1. The molecule has 1 fully saturated rings. The Morgan fingerprint density at radius 2 is 1.88 bits per heavy atom. The first kappa shape index (κ1) is 22.8. The van der Waals surface area contributed by atoms with Gasteiger partial charge in [-0.25, -0.2) is 0 Å². The topological polar surface area (TPSA) is 49.3 Å². The van der Waals surface area contributed by atoms with Crippen molar-refractivity contribution in [2.24, 2.45) is 4.99 Å². The van der Waals surface area contributed by atoms with Crippen molar-refractivity contribution in [1.82, 2.24) is 10.2 Å². The van der Waals surface area contributed by atoms with Crippen LogP contribution in [0.15, 0.2) is 29.3 Å². The molecule has 2 rings (SSSR count). The molecule has 1 heterocycles. The van der Waals surface area contributed by atoms with Crippen LogP contribution < -0.4 is 15.0 Å². The van der Waals surface area contributed by atoms with Crippen molar-refractivity contribution >= 4 is 35.6 Å². The number of ether oxygens (including phenoxy) is 2. The van der Waals surface area contributed by atoms with Crippen LogP contribution in [0.3, 0.4) is 0 Å². The molecule has 6 nitrogen and oxygen atoms in total. The van der Waals surface area contributed by atoms with E-state index in [0.717, 1.165) is 70.5 Å². The smallest absolute Gasteiger partial charge is 0.193 e. The molecule has 1 aromatic rings. The minimum absolute atomic E-state index is 0. The zero-order chi connectivity index (χ0) is 17.9. The molecule has 1 saturated heterocycles. The van der Waals surface area contributed by atoms with Gasteiger partial charge in [0, 0.05) is 53.0 Å². The van der Waals surface area contributed by atoms with Crippen LogP contribution >= 0.6 is 24.0 Å². The monoisotopic (exact) mass is 476 g/mol. The molecule has 1 aliphatic heterocycles. The van der Waals surface area contributed by atoms with E-state index in [1.165, 1.54) is 5.69 Å². The molecule has 0 spiro atoms. The van der Waals surface area contributed by atoms with E-state index in [0.29, 0.717) is 0 Å². The molecule has 0 saturated carbocycles. The fourth-order valence-corrected chi connectivity index (χ4v) is 3.06. The van der Waals surface area contributed by atoms with Crippen LogP contribution in [0.1, 0.15) is 19.8 Å². The van der Waals surface area contributed by atoms with Crippen molar-refractivity contribution in [3.63, 3.8) is 0 Å². The van der Waals surface area contributed by atoms with E-state index in [4.69, 9.17) is 9.47 Å². The highest BCUT2D eigenvalue weighted by Crippen LogP contribution is 2.28. The van der Waals surface area contributed by atoms with Gasteiger partial charge in [0.2, 0.25) is 0 Å². The van der Waals surface area contributed by atoms with Gasteiger partial charge in [0.25, 0.3) is 0 Å². The third kappa shape index (κ3) is 6.83. The molecule has 1 N–H and O–H groups in total. The summed E-state index contributed by atoms with van der Waals surface area (Å²) in [5.41, 5.74) is 1.17. The Hall–Kier alpha value is -1.22. The van der Waals surface area contributed by atoms with Crippen LogP contribution in [0, 0.1) is 0 Å². The number of para-hydroxylation sites is 2. The second-order valence-electron chi connectivity index (χ2n) is 6.02. The van der Waals surface area contributed by atoms with Gasteiger partial charge in [-0.05, 0) is 31.9 Å². The van der Waals surface area contributed by atoms with Gasteiger partial charge in [-0.3, -0.25) is 4.99 Å². The summed E-state index contributed by atoms with van der Waals surface area (Å²) in [7, 11) is 3.58. The summed E-state index contributed by atoms with van der Waals surface area (Å²) >= 11 is 0. The maximum Gasteiger partial charge on any atom is 0.193 e. The fraction of sp³-hybridized carbons (Fsp3) is 0.632. The summed E-state index contributed by atoms with van der Waals surface area (Å²) in [5.74, 6) is 1.93. The summed E-state index contributed by atoms with van der Waals surface area (Å²) in [6.45, 7) is 8.45.